The highest BCUT2D eigenvalue weighted by Crippen LogP contribution is 2.33. The molecular weight excluding hydrogens is 464 g/mol. The average Bonchev–Trinajstić information content (AvgIpc) is 3.37. The summed E-state index contributed by atoms with van der Waals surface area (Å²) >= 11 is 0. The smallest absolute Gasteiger partial charge is 0.256 e. The number of hydrogen-bond acceptors (Lipinski definition) is 4. The summed E-state index contributed by atoms with van der Waals surface area (Å²) in [5.74, 6) is -0.0828. The Labute approximate surface area is 212 Å². The van der Waals surface area contributed by atoms with Gasteiger partial charge in [-0.05, 0) is 59.7 Å². The number of pyridine rings is 1. The van der Waals surface area contributed by atoms with E-state index < -0.39 is 8.07 Å². The molecule has 0 bridgehead atoms. The van der Waals surface area contributed by atoms with E-state index in [1.165, 1.54) is 0 Å². The summed E-state index contributed by atoms with van der Waals surface area (Å²) < 4.78 is 7.93. The van der Waals surface area contributed by atoms with Crippen molar-refractivity contribution >= 4 is 54.4 Å². The van der Waals surface area contributed by atoms with Crippen molar-refractivity contribution in [2.75, 3.05) is 11.9 Å². The predicted molar refractivity (Wildman–Crippen MR) is 150 cm³/mol. The van der Waals surface area contributed by atoms with Gasteiger partial charge in [0.15, 0.2) is 0 Å². The third-order valence-electron chi connectivity index (χ3n) is 6.17. The monoisotopic (exact) mass is 494 g/mol. The van der Waals surface area contributed by atoms with E-state index in [2.05, 4.69) is 42.1 Å². The van der Waals surface area contributed by atoms with Crippen molar-refractivity contribution in [3.8, 4) is 0 Å². The standard InChI is InChI=1S/C29H30N4O2Si/c1-36(2,3)17-16-35-20-33-28-11-9-22(18-24-23-6-4-5-7-26(23)31-29(24)34)19-25(28)27(32-33)10-8-21-12-14-30-15-13-21/h4-15,18-19H,16-17,20H2,1-3H3,(H,31,34)/b10-8+,24-18+. The van der Waals surface area contributed by atoms with Crippen LogP contribution in [0.15, 0.2) is 67.0 Å². The first-order valence-electron chi connectivity index (χ1n) is 12.2. The van der Waals surface area contributed by atoms with Crippen LogP contribution in [0, 0.1) is 0 Å². The minimum absolute atomic E-state index is 0.0828. The average molecular weight is 495 g/mol. The van der Waals surface area contributed by atoms with Crippen LogP contribution in [0.3, 0.4) is 0 Å². The molecule has 0 aliphatic carbocycles. The van der Waals surface area contributed by atoms with Gasteiger partial charge in [0, 0.05) is 49.3 Å². The van der Waals surface area contributed by atoms with E-state index >= 15 is 0 Å². The first-order valence-corrected chi connectivity index (χ1v) is 15.9. The molecule has 0 spiro atoms. The molecular formula is C29H30N4O2Si. The van der Waals surface area contributed by atoms with Gasteiger partial charge in [-0.1, -0.05) is 50.0 Å². The minimum Gasteiger partial charge on any atom is -0.360 e. The van der Waals surface area contributed by atoms with Crippen LogP contribution >= 0.6 is 0 Å². The third-order valence-corrected chi connectivity index (χ3v) is 7.88. The second-order valence-electron chi connectivity index (χ2n) is 10.2. The van der Waals surface area contributed by atoms with Crippen molar-refractivity contribution in [3.63, 3.8) is 0 Å². The number of carbonyl (C=O) groups excluding carboxylic acids is 1. The number of nitrogens with zero attached hydrogens (tertiary/aromatic N) is 3. The maximum atomic E-state index is 12.6. The molecule has 2 aromatic carbocycles. The second kappa shape index (κ2) is 10.0. The van der Waals surface area contributed by atoms with Gasteiger partial charge in [-0.15, -0.1) is 0 Å². The Morgan fingerprint density at radius 2 is 1.81 bits per heavy atom. The highest BCUT2D eigenvalue weighted by molar-refractivity contribution is 6.76. The van der Waals surface area contributed by atoms with E-state index in [-0.39, 0.29) is 5.91 Å². The molecule has 1 amide bonds. The Bertz CT molecular complexity index is 1470. The number of carbonyl (C=O) groups is 1. The molecule has 1 aliphatic heterocycles. The topological polar surface area (TPSA) is 69.0 Å². The molecule has 6 nitrogen and oxygen atoms in total. The highest BCUT2D eigenvalue weighted by Gasteiger charge is 2.23. The number of nitrogens with one attached hydrogen (secondary N) is 1. The summed E-state index contributed by atoms with van der Waals surface area (Å²) in [6, 6.07) is 19.0. The van der Waals surface area contributed by atoms with Gasteiger partial charge in [0.1, 0.15) is 6.73 Å². The van der Waals surface area contributed by atoms with E-state index in [9.17, 15) is 4.79 Å². The maximum absolute atomic E-state index is 12.6. The molecule has 36 heavy (non-hydrogen) atoms. The molecule has 4 aromatic rings. The van der Waals surface area contributed by atoms with E-state index in [4.69, 9.17) is 9.84 Å². The number of fused-ring (bicyclic) bond motifs is 2. The Balaban J connectivity index is 1.49. The van der Waals surface area contributed by atoms with Crippen LogP contribution in [0.25, 0.3) is 34.7 Å². The van der Waals surface area contributed by atoms with E-state index in [0.29, 0.717) is 12.3 Å². The zero-order chi connectivity index (χ0) is 25.1. The van der Waals surface area contributed by atoms with Crippen LogP contribution in [0.1, 0.15) is 22.4 Å². The molecule has 0 atom stereocenters. The number of ether oxygens (including phenoxy) is 1. The van der Waals surface area contributed by atoms with Crippen molar-refractivity contribution < 1.29 is 9.53 Å². The first-order chi connectivity index (χ1) is 17.4. The molecule has 1 N–H and O–H groups in total. The van der Waals surface area contributed by atoms with Gasteiger partial charge >= 0.3 is 0 Å². The number of rotatable bonds is 8. The van der Waals surface area contributed by atoms with Gasteiger partial charge in [0.2, 0.25) is 0 Å². The van der Waals surface area contributed by atoms with Crippen molar-refractivity contribution in [2.45, 2.75) is 32.4 Å². The fraction of sp³-hybridized carbons (Fsp3) is 0.207. The quantitative estimate of drug-likeness (QED) is 0.175. The van der Waals surface area contributed by atoms with Gasteiger partial charge in [-0.25, -0.2) is 4.68 Å². The summed E-state index contributed by atoms with van der Waals surface area (Å²) in [7, 11) is -1.16. The SMILES string of the molecule is C[Si](C)(C)CCOCn1nc(/C=C/c2ccncc2)c2cc(/C=C3/C(=O)Nc4ccccc43)ccc21. The summed E-state index contributed by atoms with van der Waals surface area (Å²) in [5.41, 5.74) is 6.29. The predicted octanol–water partition coefficient (Wildman–Crippen LogP) is 6.41. The van der Waals surface area contributed by atoms with Crippen LogP contribution in [-0.4, -0.2) is 35.4 Å². The number of benzene rings is 2. The van der Waals surface area contributed by atoms with Crippen LogP contribution in [-0.2, 0) is 16.3 Å². The lowest BCUT2D eigenvalue weighted by atomic mass is 10.0. The van der Waals surface area contributed by atoms with Crippen LogP contribution < -0.4 is 5.32 Å². The summed E-state index contributed by atoms with van der Waals surface area (Å²) in [4.78, 5) is 16.7. The Morgan fingerprint density at radius 3 is 2.61 bits per heavy atom. The van der Waals surface area contributed by atoms with Crippen LogP contribution in [0.2, 0.25) is 25.7 Å². The number of anilines is 1. The molecule has 5 rings (SSSR count). The molecule has 0 saturated carbocycles. The van der Waals surface area contributed by atoms with Crippen LogP contribution in [0.4, 0.5) is 5.69 Å². The lowest BCUT2D eigenvalue weighted by Gasteiger charge is -2.15. The zero-order valence-electron chi connectivity index (χ0n) is 20.9. The largest absolute Gasteiger partial charge is 0.360 e. The number of aromatic nitrogens is 3. The number of para-hydroxylation sites is 1. The summed E-state index contributed by atoms with van der Waals surface area (Å²) in [6.07, 6.45) is 9.55. The van der Waals surface area contributed by atoms with Crippen LogP contribution in [0.5, 0.6) is 0 Å². The number of hydrogen-bond donors (Lipinski definition) is 1. The normalized spacial score (nSPS) is 14.6. The van der Waals surface area contributed by atoms with Gasteiger partial charge < -0.3 is 10.1 Å². The van der Waals surface area contributed by atoms with Gasteiger partial charge in [0.05, 0.1) is 11.2 Å². The minimum atomic E-state index is -1.16. The Morgan fingerprint density at radius 1 is 1.00 bits per heavy atom. The molecule has 0 saturated heterocycles. The molecule has 0 radical (unpaired) electrons. The van der Waals surface area contributed by atoms with Crippen molar-refractivity contribution in [1.29, 1.82) is 0 Å². The fourth-order valence-electron chi connectivity index (χ4n) is 4.16. The summed E-state index contributed by atoms with van der Waals surface area (Å²) in [5, 5.41) is 8.82. The summed E-state index contributed by atoms with van der Waals surface area (Å²) in [6.45, 7) is 8.18. The van der Waals surface area contributed by atoms with Gasteiger partial charge in [-0.2, -0.15) is 5.10 Å². The Kier molecular flexibility index (Phi) is 6.67. The van der Waals surface area contributed by atoms with Crippen molar-refractivity contribution in [3.05, 3.63) is 89.4 Å². The fourth-order valence-corrected chi connectivity index (χ4v) is 4.92. The lowest BCUT2D eigenvalue weighted by Crippen LogP contribution is -2.22. The Hall–Kier alpha value is -3.81. The molecule has 0 unspecified atom stereocenters. The maximum Gasteiger partial charge on any atom is 0.256 e. The highest BCUT2D eigenvalue weighted by atomic mass is 28.3. The molecule has 3 heterocycles. The molecule has 2 aromatic heterocycles. The molecule has 182 valence electrons. The van der Waals surface area contributed by atoms with E-state index in [1.54, 1.807) is 12.4 Å². The van der Waals surface area contributed by atoms with E-state index in [0.717, 1.165) is 51.6 Å². The van der Waals surface area contributed by atoms with Gasteiger partial charge in [-0.3, -0.25) is 9.78 Å². The third kappa shape index (κ3) is 5.37. The van der Waals surface area contributed by atoms with E-state index in [1.807, 2.05) is 65.4 Å². The second-order valence-corrected chi connectivity index (χ2v) is 15.8. The molecule has 0 fully saturated rings. The first kappa shape index (κ1) is 23.9. The molecule has 1 aliphatic rings. The zero-order valence-corrected chi connectivity index (χ0v) is 21.9. The van der Waals surface area contributed by atoms with Crippen molar-refractivity contribution in [1.82, 2.24) is 14.8 Å². The van der Waals surface area contributed by atoms with Gasteiger partial charge in [0.25, 0.3) is 5.91 Å². The molecule has 7 heteroatoms. The number of amides is 1. The van der Waals surface area contributed by atoms with Crippen molar-refractivity contribution in [2.24, 2.45) is 0 Å². The lowest BCUT2D eigenvalue weighted by molar-refractivity contribution is -0.110.